The summed E-state index contributed by atoms with van der Waals surface area (Å²) in [5, 5.41) is 22.6. The number of hydrogen-bond donors (Lipinski definition) is 2. The summed E-state index contributed by atoms with van der Waals surface area (Å²) in [6.45, 7) is 0. The second-order valence-corrected chi connectivity index (χ2v) is 12.2. The highest BCUT2D eigenvalue weighted by Gasteiger charge is 2.42. The van der Waals surface area contributed by atoms with Crippen molar-refractivity contribution in [2.45, 2.75) is 29.5 Å². The average molecular weight is 644 g/mol. The van der Waals surface area contributed by atoms with Crippen LogP contribution in [-0.2, 0) is 9.59 Å². The van der Waals surface area contributed by atoms with Gasteiger partial charge in [0.2, 0.25) is 11.0 Å². The van der Waals surface area contributed by atoms with Gasteiger partial charge in [0.1, 0.15) is 17.3 Å². The Kier molecular flexibility index (Phi) is 8.93. The highest BCUT2D eigenvalue weighted by molar-refractivity contribution is 8.01. The van der Waals surface area contributed by atoms with Crippen LogP contribution >= 0.6 is 46.3 Å². The van der Waals surface area contributed by atoms with Crippen LogP contribution < -0.4 is 25.4 Å². The molecule has 10 nitrogen and oxygen atoms in total. The van der Waals surface area contributed by atoms with E-state index < -0.39 is 5.92 Å². The number of anilines is 2. The van der Waals surface area contributed by atoms with Gasteiger partial charge in [-0.15, -0.1) is 10.2 Å². The van der Waals surface area contributed by atoms with Gasteiger partial charge in [-0.1, -0.05) is 52.4 Å². The van der Waals surface area contributed by atoms with Crippen LogP contribution in [0.4, 0.5) is 10.8 Å². The number of nitrogens with two attached hydrogens (primary N) is 1. The Bertz CT molecular complexity index is 1660. The molecule has 0 saturated carbocycles. The molecule has 3 aromatic rings. The first-order chi connectivity index (χ1) is 20.3. The van der Waals surface area contributed by atoms with Crippen molar-refractivity contribution in [2.24, 2.45) is 5.73 Å². The summed E-state index contributed by atoms with van der Waals surface area (Å²) in [5.41, 5.74) is 8.80. The molecule has 0 fully saturated rings. The molecule has 0 saturated heterocycles. The van der Waals surface area contributed by atoms with Crippen LogP contribution in [0.25, 0.3) is 0 Å². The summed E-state index contributed by atoms with van der Waals surface area (Å²) < 4.78 is 11.0. The monoisotopic (exact) mass is 642 g/mol. The number of amides is 1. The lowest BCUT2D eigenvalue weighted by Crippen LogP contribution is -2.38. The Morgan fingerprint density at radius 1 is 1.21 bits per heavy atom. The van der Waals surface area contributed by atoms with Crippen LogP contribution in [0.15, 0.2) is 63.4 Å². The van der Waals surface area contributed by atoms with Crippen molar-refractivity contribution in [2.75, 3.05) is 30.2 Å². The van der Waals surface area contributed by atoms with E-state index in [4.69, 9.17) is 38.4 Å². The van der Waals surface area contributed by atoms with Gasteiger partial charge >= 0.3 is 0 Å². The molecule has 0 radical (unpaired) electrons. The Balaban J connectivity index is 1.41. The summed E-state index contributed by atoms with van der Waals surface area (Å²) >= 11 is 15.5. The van der Waals surface area contributed by atoms with E-state index in [1.54, 1.807) is 48.4 Å². The highest BCUT2D eigenvalue weighted by atomic mass is 35.5. The number of hydrogen-bond acceptors (Lipinski definition) is 11. The summed E-state index contributed by atoms with van der Waals surface area (Å²) in [6.07, 6.45) is 1.48. The number of ketones is 1. The number of nitrogens with one attached hydrogen (secondary N) is 1. The van der Waals surface area contributed by atoms with Gasteiger partial charge in [-0.3, -0.25) is 14.5 Å². The van der Waals surface area contributed by atoms with E-state index in [1.807, 2.05) is 0 Å². The second-order valence-electron chi connectivity index (χ2n) is 9.21. The van der Waals surface area contributed by atoms with E-state index in [-0.39, 0.29) is 28.8 Å². The number of nitriles is 1. The van der Waals surface area contributed by atoms with Crippen molar-refractivity contribution in [1.82, 2.24) is 10.2 Å². The first kappa shape index (κ1) is 29.7. The van der Waals surface area contributed by atoms with Crippen molar-refractivity contribution < 1.29 is 19.1 Å². The minimum Gasteiger partial charge on any atom is -0.497 e. The summed E-state index contributed by atoms with van der Waals surface area (Å²) in [5.74, 6) is 0.0796. The van der Waals surface area contributed by atoms with E-state index in [0.717, 1.165) is 0 Å². The first-order valence-electron chi connectivity index (χ1n) is 12.7. The summed E-state index contributed by atoms with van der Waals surface area (Å²) in [6, 6.07) is 12.3. The zero-order chi connectivity index (χ0) is 30.0. The SMILES string of the molecule is COc1ccc(NC(=O)CSc2nnc(N3C(N)=C(C#N)C(c4c(Cl)cccc4Cl)C4=C3CCCC4=O)s2)c(OC)c1. The lowest BCUT2D eigenvalue weighted by molar-refractivity contribution is -0.116. The molecule has 216 valence electrons. The van der Waals surface area contributed by atoms with E-state index >= 15 is 0 Å². The maximum absolute atomic E-state index is 13.4. The Morgan fingerprint density at radius 2 is 1.98 bits per heavy atom. The molecular formula is C28H24Cl2N6O4S2. The van der Waals surface area contributed by atoms with Crippen molar-refractivity contribution >= 4 is 68.8 Å². The average Bonchev–Trinajstić information content (AvgIpc) is 3.44. The fraction of sp³-hybridized carbons (Fsp3) is 0.250. The zero-order valence-corrected chi connectivity index (χ0v) is 25.6. The smallest absolute Gasteiger partial charge is 0.234 e. The number of carbonyl (C=O) groups excluding carboxylic acids is 2. The Hall–Kier alpha value is -3.76. The van der Waals surface area contributed by atoms with Gasteiger partial charge in [0.05, 0.1) is 43.2 Å². The van der Waals surface area contributed by atoms with Gasteiger partial charge in [-0.25, -0.2) is 0 Å². The topological polar surface area (TPSA) is 143 Å². The van der Waals surface area contributed by atoms with Crippen molar-refractivity contribution in [1.29, 1.82) is 5.26 Å². The minimum atomic E-state index is -0.796. The first-order valence-corrected chi connectivity index (χ1v) is 15.2. The predicted octanol–water partition coefficient (Wildman–Crippen LogP) is 5.90. The summed E-state index contributed by atoms with van der Waals surface area (Å²) in [4.78, 5) is 27.7. The summed E-state index contributed by atoms with van der Waals surface area (Å²) in [7, 11) is 3.05. The van der Waals surface area contributed by atoms with Gasteiger partial charge < -0.3 is 20.5 Å². The van der Waals surface area contributed by atoms with Gasteiger partial charge in [0.15, 0.2) is 10.1 Å². The maximum Gasteiger partial charge on any atom is 0.234 e. The van der Waals surface area contributed by atoms with Gasteiger partial charge in [0.25, 0.3) is 0 Å². The number of nitrogens with zero attached hydrogens (tertiary/aromatic N) is 4. The zero-order valence-electron chi connectivity index (χ0n) is 22.4. The molecule has 1 aromatic heterocycles. The molecular weight excluding hydrogens is 619 g/mol. The van der Waals surface area contributed by atoms with E-state index in [2.05, 4.69) is 21.6 Å². The van der Waals surface area contributed by atoms with Gasteiger partial charge in [-0.2, -0.15) is 5.26 Å². The fourth-order valence-corrected chi connectivity index (χ4v) is 7.24. The number of allylic oxidation sites excluding steroid dienone is 3. The van der Waals surface area contributed by atoms with Crippen LogP contribution in [0.2, 0.25) is 10.0 Å². The maximum atomic E-state index is 13.4. The third-order valence-corrected chi connectivity index (χ3v) is 9.50. The molecule has 0 spiro atoms. The normalized spacial score (nSPS) is 16.7. The Morgan fingerprint density at radius 3 is 2.67 bits per heavy atom. The Labute approximate surface area is 260 Å². The minimum absolute atomic E-state index is 0.0537. The lowest BCUT2D eigenvalue weighted by atomic mass is 9.75. The molecule has 14 heteroatoms. The van der Waals surface area contributed by atoms with Crippen molar-refractivity contribution in [3.05, 3.63) is 74.7 Å². The number of thioether (sulfide) groups is 1. The third-order valence-electron chi connectivity index (χ3n) is 6.80. The van der Waals surface area contributed by atoms with Crippen LogP contribution in [0.1, 0.15) is 30.7 Å². The van der Waals surface area contributed by atoms with Gasteiger partial charge in [0, 0.05) is 39.4 Å². The van der Waals surface area contributed by atoms with Gasteiger partial charge in [-0.05, 0) is 37.1 Å². The number of aromatic nitrogens is 2. The molecule has 1 aliphatic carbocycles. The number of rotatable bonds is 8. The van der Waals surface area contributed by atoms with Crippen molar-refractivity contribution in [3.8, 4) is 17.6 Å². The number of halogens is 2. The molecule has 2 heterocycles. The van der Waals surface area contributed by atoms with Crippen molar-refractivity contribution in [3.63, 3.8) is 0 Å². The third kappa shape index (κ3) is 5.65. The molecule has 1 atom stereocenters. The van der Waals surface area contributed by atoms with Crippen LogP contribution in [-0.4, -0.2) is 41.9 Å². The van der Waals surface area contributed by atoms with Crippen LogP contribution in [0, 0.1) is 11.3 Å². The molecule has 1 unspecified atom stereocenters. The largest absolute Gasteiger partial charge is 0.497 e. The van der Waals surface area contributed by atoms with E-state index in [9.17, 15) is 14.9 Å². The van der Waals surface area contributed by atoms with E-state index in [1.165, 1.54) is 30.2 Å². The number of ether oxygens (including phenoxy) is 2. The fourth-order valence-electron chi connectivity index (χ4n) is 4.95. The molecule has 0 bridgehead atoms. The quantitative estimate of drug-likeness (QED) is 0.285. The number of methoxy groups -OCH3 is 2. The number of benzene rings is 2. The molecule has 2 aliphatic rings. The van der Waals surface area contributed by atoms with E-state index in [0.29, 0.717) is 72.8 Å². The lowest BCUT2D eigenvalue weighted by Gasteiger charge is -2.38. The molecule has 2 aromatic carbocycles. The molecule has 42 heavy (non-hydrogen) atoms. The molecule has 1 aliphatic heterocycles. The molecule has 3 N–H and O–H groups in total. The standard InChI is InChI=1S/C28H24Cl2N6O4S2/c1-39-14-9-10-18(21(11-14)40-2)33-22(38)13-41-28-35-34-27(42-28)36-19-7-4-8-20(37)25(19)23(15(12-31)26(36)32)24-16(29)5-3-6-17(24)30/h3,5-6,9-11,23H,4,7-8,13,32H2,1-2H3,(H,33,38). The highest BCUT2D eigenvalue weighted by Crippen LogP contribution is 2.50. The number of Topliss-reactive ketones (excluding diaryl/α,β-unsaturated/α-hetero) is 1. The predicted molar refractivity (Wildman–Crippen MR) is 163 cm³/mol. The van der Waals surface area contributed by atoms with Crippen LogP contribution in [0.5, 0.6) is 11.5 Å². The molecule has 5 rings (SSSR count). The van der Waals surface area contributed by atoms with Crippen LogP contribution in [0.3, 0.4) is 0 Å². The second kappa shape index (κ2) is 12.6. The molecule has 1 amide bonds. The number of carbonyl (C=O) groups is 2.